The maximum absolute atomic E-state index is 12.7. The van der Waals surface area contributed by atoms with Gasteiger partial charge in [-0.05, 0) is 29.3 Å². The molecule has 0 aromatic heterocycles. The molecule has 1 amide bonds. The molecular formula is C19H16F3NO3. The molecular weight excluding hydrogens is 347 g/mol. The average Bonchev–Trinajstić information content (AvgIpc) is 2.60. The minimum absolute atomic E-state index is 0.0965. The predicted molar refractivity (Wildman–Crippen MR) is 90.2 cm³/mol. The molecule has 0 heterocycles. The van der Waals surface area contributed by atoms with Gasteiger partial charge in [0.15, 0.2) is 0 Å². The van der Waals surface area contributed by atoms with Crippen molar-refractivity contribution < 1.29 is 27.9 Å². The molecule has 0 fully saturated rings. The molecule has 1 atom stereocenters. The maximum Gasteiger partial charge on any atom is 0.416 e. The SMILES string of the molecule is O=C(C=Cc1cccc(C(F)(F)F)c1)N[C@H](Cc1ccccc1)C(=O)O. The lowest BCUT2D eigenvalue weighted by Gasteiger charge is -2.13. The first-order valence-corrected chi connectivity index (χ1v) is 7.68. The molecule has 0 aliphatic carbocycles. The van der Waals surface area contributed by atoms with Crippen LogP contribution in [0.25, 0.3) is 6.08 Å². The van der Waals surface area contributed by atoms with Gasteiger partial charge in [-0.25, -0.2) is 4.79 Å². The highest BCUT2D eigenvalue weighted by Crippen LogP contribution is 2.29. The van der Waals surface area contributed by atoms with Crippen molar-refractivity contribution in [2.45, 2.75) is 18.6 Å². The minimum atomic E-state index is -4.48. The zero-order chi connectivity index (χ0) is 19.2. The van der Waals surface area contributed by atoms with Crippen LogP contribution in [-0.2, 0) is 22.2 Å². The molecule has 0 aliphatic rings. The number of carbonyl (C=O) groups is 2. The molecule has 2 rings (SSSR count). The second-order valence-corrected chi connectivity index (χ2v) is 5.55. The van der Waals surface area contributed by atoms with Crippen LogP contribution in [0.3, 0.4) is 0 Å². The molecule has 4 nitrogen and oxygen atoms in total. The van der Waals surface area contributed by atoms with E-state index < -0.39 is 29.7 Å². The second kappa shape index (κ2) is 8.33. The molecule has 0 aliphatic heterocycles. The molecule has 26 heavy (non-hydrogen) atoms. The quantitative estimate of drug-likeness (QED) is 0.772. The Balaban J connectivity index is 2.04. The van der Waals surface area contributed by atoms with E-state index in [4.69, 9.17) is 0 Å². The number of hydrogen-bond acceptors (Lipinski definition) is 2. The average molecular weight is 363 g/mol. The summed E-state index contributed by atoms with van der Waals surface area (Å²) in [5, 5.41) is 11.6. The third-order valence-corrected chi connectivity index (χ3v) is 3.54. The Labute approximate surface area is 148 Å². The third-order valence-electron chi connectivity index (χ3n) is 3.54. The number of carboxylic acids is 1. The van der Waals surface area contributed by atoms with E-state index in [2.05, 4.69) is 5.32 Å². The molecule has 0 bridgehead atoms. The molecule has 2 N–H and O–H groups in total. The Morgan fingerprint density at radius 2 is 1.77 bits per heavy atom. The van der Waals surface area contributed by atoms with Crippen LogP contribution in [0.1, 0.15) is 16.7 Å². The van der Waals surface area contributed by atoms with Crippen molar-refractivity contribution in [1.82, 2.24) is 5.32 Å². The van der Waals surface area contributed by atoms with Crippen LogP contribution < -0.4 is 5.32 Å². The van der Waals surface area contributed by atoms with Crippen LogP contribution >= 0.6 is 0 Å². The number of rotatable bonds is 6. The van der Waals surface area contributed by atoms with E-state index in [1.165, 1.54) is 18.2 Å². The zero-order valence-corrected chi connectivity index (χ0v) is 13.5. The summed E-state index contributed by atoms with van der Waals surface area (Å²) in [7, 11) is 0. The van der Waals surface area contributed by atoms with Crippen LogP contribution in [0.5, 0.6) is 0 Å². The number of carboxylic acid groups (broad SMARTS) is 1. The molecule has 7 heteroatoms. The summed E-state index contributed by atoms with van der Waals surface area (Å²) in [6.07, 6.45) is -2.17. The summed E-state index contributed by atoms with van der Waals surface area (Å²) in [6.45, 7) is 0. The van der Waals surface area contributed by atoms with Gasteiger partial charge in [0.05, 0.1) is 5.56 Å². The number of alkyl halides is 3. The number of carbonyl (C=O) groups excluding carboxylic acids is 1. The minimum Gasteiger partial charge on any atom is -0.480 e. The Bertz CT molecular complexity index is 801. The molecule has 0 unspecified atom stereocenters. The highest BCUT2D eigenvalue weighted by molar-refractivity contribution is 5.94. The number of halogens is 3. The van der Waals surface area contributed by atoms with Gasteiger partial charge < -0.3 is 10.4 Å². The van der Waals surface area contributed by atoms with Gasteiger partial charge in [-0.3, -0.25) is 4.79 Å². The van der Waals surface area contributed by atoms with Gasteiger partial charge in [0, 0.05) is 12.5 Å². The van der Waals surface area contributed by atoms with E-state index in [1.54, 1.807) is 30.3 Å². The van der Waals surface area contributed by atoms with Gasteiger partial charge in [0.1, 0.15) is 6.04 Å². The van der Waals surface area contributed by atoms with E-state index >= 15 is 0 Å². The van der Waals surface area contributed by atoms with Crippen LogP contribution in [-0.4, -0.2) is 23.0 Å². The normalized spacial score (nSPS) is 12.7. The third kappa shape index (κ3) is 5.77. The van der Waals surface area contributed by atoms with E-state index in [0.29, 0.717) is 0 Å². The predicted octanol–water partition coefficient (Wildman–Crippen LogP) is 3.53. The van der Waals surface area contributed by atoms with Crippen molar-refractivity contribution in [2.24, 2.45) is 0 Å². The van der Waals surface area contributed by atoms with Crippen LogP contribution in [0.4, 0.5) is 13.2 Å². The lowest BCUT2D eigenvalue weighted by atomic mass is 10.1. The summed E-state index contributed by atoms with van der Waals surface area (Å²) < 4.78 is 38.0. The van der Waals surface area contributed by atoms with Gasteiger partial charge in [-0.1, -0.05) is 42.5 Å². The van der Waals surface area contributed by atoms with E-state index in [1.807, 2.05) is 0 Å². The van der Waals surface area contributed by atoms with Crippen LogP contribution in [0.15, 0.2) is 60.7 Å². The zero-order valence-electron chi connectivity index (χ0n) is 13.5. The van der Waals surface area contributed by atoms with Crippen molar-refractivity contribution in [3.8, 4) is 0 Å². The molecule has 0 spiro atoms. The van der Waals surface area contributed by atoms with Crippen molar-refractivity contribution in [1.29, 1.82) is 0 Å². The Morgan fingerprint density at radius 1 is 1.08 bits per heavy atom. The number of amides is 1. The molecule has 0 saturated heterocycles. The first-order chi connectivity index (χ1) is 12.3. The molecule has 136 valence electrons. The molecule has 0 radical (unpaired) electrons. The summed E-state index contributed by atoms with van der Waals surface area (Å²) >= 11 is 0. The standard InChI is InChI=1S/C19H16F3NO3/c20-19(21,22)15-8-4-7-14(11-15)9-10-17(24)23-16(18(25)26)12-13-5-2-1-3-6-13/h1-11,16H,12H2,(H,23,24)(H,25,26)/t16-/m1/s1. The van der Waals surface area contributed by atoms with Crippen molar-refractivity contribution in [3.63, 3.8) is 0 Å². The van der Waals surface area contributed by atoms with Crippen LogP contribution in [0, 0.1) is 0 Å². The molecule has 2 aromatic rings. The summed E-state index contributed by atoms with van der Waals surface area (Å²) in [5.74, 6) is -1.90. The second-order valence-electron chi connectivity index (χ2n) is 5.55. The van der Waals surface area contributed by atoms with Gasteiger partial charge in [-0.15, -0.1) is 0 Å². The summed E-state index contributed by atoms with van der Waals surface area (Å²) in [5.41, 5.74) is 0.0968. The first kappa shape index (κ1) is 19.2. The fourth-order valence-electron chi connectivity index (χ4n) is 2.26. The van der Waals surface area contributed by atoms with Gasteiger partial charge in [0.25, 0.3) is 0 Å². The van der Waals surface area contributed by atoms with Gasteiger partial charge >= 0.3 is 12.1 Å². The fraction of sp³-hybridized carbons (Fsp3) is 0.158. The monoisotopic (exact) mass is 363 g/mol. The van der Waals surface area contributed by atoms with Crippen molar-refractivity contribution >= 4 is 18.0 Å². The van der Waals surface area contributed by atoms with E-state index in [0.717, 1.165) is 23.8 Å². The highest BCUT2D eigenvalue weighted by Gasteiger charge is 2.30. The number of hydrogen-bond donors (Lipinski definition) is 2. The van der Waals surface area contributed by atoms with Crippen molar-refractivity contribution in [3.05, 3.63) is 77.4 Å². The Hall–Kier alpha value is -3.09. The van der Waals surface area contributed by atoms with Gasteiger partial charge in [0.2, 0.25) is 5.91 Å². The van der Waals surface area contributed by atoms with Crippen LogP contribution in [0.2, 0.25) is 0 Å². The number of nitrogens with one attached hydrogen (secondary N) is 1. The molecule has 0 saturated carbocycles. The largest absolute Gasteiger partial charge is 0.480 e. The topological polar surface area (TPSA) is 66.4 Å². The smallest absolute Gasteiger partial charge is 0.416 e. The lowest BCUT2D eigenvalue weighted by molar-refractivity contribution is -0.141. The lowest BCUT2D eigenvalue weighted by Crippen LogP contribution is -2.41. The van der Waals surface area contributed by atoms with Crippen molar-refractivity contribution in [2.75, 3.05) is 0 Å². The maximum atomic E-state index is 12.7. The highest BCUT2D eigenvalue weighted by atomic mass is 19.4. The Morgan fingerprint density at radius 3 is 2.38 bits per heavy atom. The first-order valence-electron chi connectivity index (χ1n) is 7.68. The fourth-order valence-corrected chi connectivity index (χ4v) is 2.26. The van der Waals surface area contributed by atoms with E-state index in [-0.39, 0.29) is 12.0 Å². The number of aliphatic carboxylic acids is 1. The summed E-state index contributed by atoms with van der Waals surface area (Å²) in [4.78, 5) is 23.2. The molecule has 2 aromatic carbocycles. The Kier molecular flexibility index (Phi) is 6.16. The van der Waals surface area contributed by atoms with E-state index in [9.17, 15) is 27.9 Å². The summed E-state index contributed by atoms with van der Waals surface area (Å²) in [6, 6.07) is 12.1. The van der Waals surface area contributed by atoms with Gasteiger partial charge in [-0.2, -0.15) is 13.2 Å². The number of benzene rings is 2.